The van der Waals surface area contributed by atoms with Crippen LogP contribution in [-0.4, -0.2) is 28.5 Å². The Hall–Kier alpha value is -1.26. The maximum atomic E-state index is 10.3. The first-order valence-electron chi connectivity index (χ1n) is 4.91. The fourth-order valence-corrected chi connectivity index (χ4v) is 1.90. The molecule has 0 saturated carbocycles. The highest BCUT2D eigenvalue weighted by Gasteiger charge is 1.95. The van der Waals surface area contributed by atoms with Crippen LogP contribution in [0.2, 0.25) is 0 Å². The van der Waals surface area contributed by atoms with Gasteiger partial charge in [0.25, 0.3) is 0 Å². The van der Waals surface area contributed by atoms with Crippen LogP contribution in [0, 0.1) is 0 Å². The summed E-state index contributed by atoms with van der Waals surface area (Å²) in [4.78, 5) is 10.3. The van der Waals surface area contributed by atoms with E-state index in [9.17, 15) is 4.79 Å². The minimum Gasteiger partial charge on any atom is -0.478 e. The Kier molecular flexibility index (Phi) is 5.67. The lowest BCUT2D eigenvalue weighted by atomic mass is 10.1. The minimum atomic E-state index is -0.944. The number of aliphatic hydroxyl groups excluding tert-OH is 1. The molecule has 2 N–H and O–H groups in total. The Labute approximate surface area is 98.8 Å². The van der Waals surface area contributed by atoms with Crippen molar-refractivity contribution in [3.8, 4) is 0 Å². The van der Waals surface area contributed by atoms with E-state index >= 15 is 0 Å². The number of carboxylic acids is 1. The summed E-state index contributed by atoms with van der Waals surface area (Å²) in [5.41, 5.74) is 2.01. The van der Waals surface area contributed by atoms with Gasteiger partial charge in [0.05, 0.1) is 6.61 Å². The Morgan fingerprint density at radius 1 is 1.44 bits per heavy atom. The third kappa shape index (κ3) is 5.00. The lowest BCUT2D eigenvalue weighted by Gasteiger charge is -2.01. The van der Waals surface area contributed by atoms with E-state index in [1.807, 2.05) is 24.3 Å². The second-order valence-corrected chi connectivity index (χ2v) is 4.30. The topological polar surface area (TPSA) is 57.5 Å². The van der Waals surface area contributed by atoms with Crippen molar-refractivity contribution in [2.24, 2.45) is 0 Å². The number of hydrogen-bond acceptors (Lipinski definition) is 3. The zero-order valence-corrected chi connectivity index (χ0v) is 9.61. The number of aliphatic hydroxyl groups is 1. The molecule has 1 aromatic carbocycles. The second-order valence-electron chi connectivity index (χ2n) is 3.19. The number of hydrogen-bond donors (Lipinski definition) is 2. The number of thioether (sulfide) groups is 1. The van der Waals surface area contributed by atoms with Crippen LogP contribution in [0.5, 0.6) is 0 Å². The first-order chi connectivity index (χ1) is 7.72. The Morgan fingerprint density at radius 2 is 2.25 bits per heavy atom. The number of carboxylic acid groups (broad SMARTS) is 1. The monoisotopic (exact) mass is 238 g/mol. The summed E-state index contributed by atoms with van der Waals surface area (Å²) in [6.45, 7) is 0.184. The summed E-state index contributed by atoms with van der Waals surface area (Å²) in [6, 6.07) is 7.70. The van der Waals surface area contributed by atoms with Gasteiger partial charge in [0.1, 0.15) is 0 Å². The lowest BCUT2D eigenvalue weighted by Crippen LogP contribution is -1.89. The van der Waals surface area contributed by atoms with Crippen molar-refractivity contribution < 1.29 is 15.0 Å². The SMILES string of the molecule is O=C(O)/C=C/c1cccc(CSCCO)c1. The maximum absolute atomic E-state index is 10.3. The molecule has 86 valence electrons. The molecule has 0 fully saturated rings. The predicted octanol–water partition coefficient (Wildman–Crippen LogP) is 2.01. The predicted molar refractivity (Wildman–Crippen MR) is 66.4 cm³/mol. The molecule has 0 aliphatic carbocycles. The smallest absolute Gasteiger partial charge is 0.328 e. The largest absolute Gasteiger partial charge is 0.478 e. The maximum Gasteiger partial charge on any atom is 0.328 e. The van der Waals surface area contributed by atoms with Gasteiger partial charge in [-0.3, -0.25) is 0 Å². The summed E-state index contributed by atoms with van der Waals surface area (Å²) in [5, 5.41) is 17.1. The van der Waals surface area contributed by atoms with Gasteiger partial charge in [0.2, 0.25) is 0 Å². The fourth-order valence-electron chi connectivity index (χ4n) is 1.21. The van der Waals surface area contributed by atoms with Crippen LogP contribution in [0.4, 0.5) is 0 Å². The number of rotatable bonds is 6. The summed E-state index contributed by atoms with van der Waals surface area (Å²) in [7, 11) is 0. The van der Waals surface area contributed by atoms with Crippen molar-refractivity contribution in [1.82, 2.24) is 0 Å². The summed E-state index contributed by atoms with van der Waals surface area (Å²) >= 11 is 1.65. The molecule has 0 aliphatic heterocycles. The van der Waals surface area contributed by atoms with Crippen LogP contribution in [0.25, 0.3) is 6.08 Å². The Bertz CT molecular complexity index is 374. The fraction of sp³-hybridized carbons (Fsp3) is 0.250. The molecule has 0 unspecified atom stereocenters. The van der Waals surface area contributed by atoms with Crippen molar-refractivity contribution in [1.29, 1.82) is 0 Å². The van der Waals surface area contributed by atoms with Gasteiger partial charge in [-0.15, -0.1) is 0 Å². The highest BCUT2D eigenvalue weighted by molar-refractivity contribution is 7.98. The van der Waals surface area contributed by atoms with Gasteiger partial charge in [0, 0.05) is 17.6 Å². The molecule has 0 amide bonds. The molecule has 0 atom stereocenters. The van der Waals surface area contributed by atoms with Crippen molar-refractivity contribution in [2.45, 2.75) is 5.75 Å². The van der Waals surface area contributed by atoms with Crippen molar-refractivity contribution in [3.05, 3.63) is 41.5 Å². The average Bonchev–Trinajstić information content (AvgIpc) is 2.27. The minimum absolute atomic E-state index is 0.184. The van der Waals surface area contributed by atoms with Crippen molar-refractivity contribution in [3.63, 3.8) is 0 Å². The van der Waals surface area contributed by atoms with E-state index in [1.54, 1.807) is 17.8 Å². The van der Waals surface area contributed by atoms with E-state index in [0.717, 1.165) is 28.7 Å². The summed E-state index contributed by atoms with van der Waals surface area (Å²) in [6.07, 6.45) is 2.70. The van der Waals surface area contributed by atoms with Gasteiger partial charge in [-0.2, -0.15) is 11.8 Å². The van der Waals surface area contributed by atoms with E-state index in [4.69, 9.17) is 10.2 Å². The molecule has 3 nitrogen and oxygen atoms in total. The van der Waals surface area contributed by atoms with Gasteiger partial charge < -0.3 is 10.2 Å². The standard InChI is InChI=1S/C12H14O3S/c13-6-7-16-9-11-3-1-2-10(8-11)4-5-12(14)15/h1-5,8,13H,6-7,9H2,(H,14,15)/b5-4+. The van der Waals surface area contributed by atoms with E-state index in [2.05, 4.69) is 0 Å². The second kappa shape index (κ2) is 7.09. The molecule has 0 radical (unpaired) electrons. The number of aliphatic carboxylic acids is 1. The van der Waals surface area contributed by atoms with Gasteiger partial charge in [0.15, 0.2) is 0 Å². The number of benzene rings is 1. The van der Waals surface area contributed by atoms with Crippen LogP contribution < -0.4 is 0 Å². The zero-order chi connectivity index (χ0) is 11.8. The molecule has 1 rings (SSSR count). The van der Waals surface area contributed by atoms with Crippen LogP contribution in [0.1, 0.15) is 11.1 Å². The van der Waals surface area contributed by atoms with E-state index in [0.29, 0.717) is 0 Å². The van der Waals surface area contributed by atoms with Crippen molar-refractivity contribution >= 4 is 23.8 Å². The van der Waals surface area contributed by atoms with Gasteiger partial charge >= 0.3 is 5.97 Å². The van der Waals surface area contributed by atoms with Gasteiger partial charge in [-0.1, -0.05) is 24.3 Å². The van der Waals surface area contributed by atoms with Crippen molar-refractivity contribution in [2.75, 3.05) is 12.4 Å². The third-order valence-corrected chi connectivity index (χ3v) is 2.88. The lowest BCUT2D eigenvalue weighted by molar-refractivity contribution is -0.131. The quantitative estimate of drug-likeness (QED) is 0.588. The highest BCUT2D eigenvalue weighted by Crippen LogP contribution is 2.14. The van der Waals surface area contributed by atoms with Gasteiger partial charge in [-0.25, -0.2) is 4.79 Å². The Balaban J connectivity index is 2.60. The van der Waals surface area contributed by atoms with Crippen LogP contribution >= 0.6 is 11.8 Å². The van der Waals surface area contributed by atoms with E-state index in [-0.39, 0.29) is 6.61 Å². The molecule has 0 heterocycles. The molecular formula is C12H14O3S. The normalized spacial score (nSPS) is 10.8. The molecular weight excluding hydrogens is 224 g/mol. The Morgan fingerprint density at radius 3 is 2.94 bits per heavy atom. The molecule has 1 aromatic rings. The molecule has 0 spiro atoms. The summed E-state index contributed by atoms with van der Waals surface area (Å²) in [5.74, 6) is 0.602. The first kappa shape index (κ1) is 12.8. The molecule has 0 saturated heterocycles. The van der Waals surface area contributed by atoms with E-state index < -0.39 is 5.97 Å². The molecule has 0 aromatic heterocycles. The molecule has 16 heavy (non-hydrogen) atoms. The molecule has 4 heteroatoms. The first-order valence-corrected chi connectivity index (χ1v) is 6.06. The van der Waals surface area contributed by atoms with E-state index in [1.165, 1.54) is 0 Å². The van der Waals surface area contributed by atoms with Crippen LogP contribution in [-0.2, 0) is 10.5 Å². The van der Waals surface area contributed by atoms with Gasteiger partial charge in [-0.05, 0) is 17.2 Å². The average molecular weight is 238 g/mol. The third-order valence-electron chi connectivity index (χ3n) is 1.87. The molecule has 0 aliphatic rings. The summed E-state index contributed by atoms with van der Waals surface area (Å²) < 4.78 is 0. The zero-order valence-electron chi connectivity index (χ0n) is 8.80. The molecule has 0 bridgehead atoms. The van der Waals surface area contributed by atoms with Crippen LogP contribution in [0.3, 0.4) is 0 Å². The number of carbonyl (C=O) groups is 1. The van der Waals surface area contributed by atoms with Crippen LogP contribution in [0.15, 0.2) is 30.3 Å². The highest BCUT2D eigenvalue weighted by atomic mass is 32.2.